The fraction of sp³-hybridized carbons (Fsp3) is 1.00. The van der Waals surface area contributed by atoms with E-state index in [1.165, 1.54) is 19.4 Å². The molecule has 0 unspecified atom stereocenters. The third-order valence-electron chi connectivity index (χ3n) is 2.81. The smallest absolute Gasteiger partial charge is 0.0344 e. The summed E-state index contributed by atoms with van der Waals surface area (Å²) in [6, 6.07) is 0. The number of thiol groups is 1. The van der Waals surface area contributed by atoms with Crippen LogP contribution in [0.1, 0.15) is 12.8 Å². The fourth-order valence-corrected chi connectivity index (χ4v) is 2.08. The lowest BCUT2D eigenvalue weighted by Gasteiger charge is -2.37. The number of likely N-dealkylation sites (N-methyl/N-ethyl adjacent to an activating group) is 1. The van der Waals surface area contributed by atoms with Crippen molar-refractivity contribution in [1.29, 1.82) is 0 Å². The maximum atomic E-state index is 4.36. The molecule has 0 bridgehead atoms. The summed E-state index contributed by atoms with van der Waals surface area (Å²) in [6.07, 6.45) is 2.75. The summed E-state index contributed by atoms with van der Waals surface area (Å²) in [4.78, 5) is 2.49. The minimum Gasteiger partial charge on any atom is -0.298 e. The summed E-state index contributed by atoms with van der Waals surface area (Å²) in [7, 11) is 2.23. The summed E-state index contributed by atoms with van der Waals surface area (Å²) in [6.45, 7) is 3.46. The van der Waals surface area contributed by atoms with Gasteiger partial charge in [-0.3, -0.25) is 9.21 Å². The van der Waals surface area contributed by atoms with E-state index < -0.39 is 0 Å². The minimum absolute atomic E-state index is 0.542. The van der Waals surface area contributed by atoms with Crippen LogP contribution in [0.25, 0.3) is 0 Å². The SMILES string of the molecule is CN1CCN(S)CC12CC2. The number of rotatable bonds is 0. The molecule has 0 amide bonds. The second-order valence-corrected chi connectivity index (χ2v) is 4.10. The fourth-order valence-electron chi connectivity index (χ4n) is 1.73. The zero-order valence-corrected chi connectivity index (χ0v) is 7.27. The highest BCUT2D eigenvalue weighted by atomic mass is 32.1. The second kappa shape index (κ2) is 2.13. The van der Waals surface area contributed by atoms with Gasteiger partial charge in [0.05, 0.1) is 0 Å². The molecule has 2 nitrogen and oxygen atoms in total. The van der Waals surface area contributed by atoms with Crippen LogP contribution in [0.4, 0.5) is 0 Å². The molecular formula is C7H14N2S. The van der Waals surface area contributed by atoms with Crippen molar-refractivity contribution in [3.8, 4) is 0 Å². The van der Waals surface area contributed by atoms with Gasteiger partial charge in [-0.25, -0.2) is 0 Å². The molecule has 58 valence electrons. The second-order valence-electron chi connectivity index (χ2n) is 3.53. The molecule has 0 aromatic rings. The minimum atomic E-state index is 0.542. The highest BCUT2D eigenvalue weighted by Crippen LogP contribution is 2.43. The molecule has 3 heteroatoms. The Labute approximate surface area is 67.7 Å². The van der Waals surface area contributed by atoms with Gasteiger partial charge in [-0.05, 0) is 19.9 Å². The normalized spacial score (nSPS) is 33.0. The molecule has 1 spiro atoms. The first kappa shape index (κ1) is 6.95. The summed E-state index contributed by atoms with van der Waals surface area (Å²) in [5.74, 6) is 0. The van der Waals surface area contributed by atoms with Crippen LogP contribution in [0.3, 0.4) is 0 Å². The van der Waals surface area contributed by atoms with Crippen molar-refractivity contribution in [2.45, 2.75) is 18.4 Å². The van der Waals surface area contributed by atoms with E-state index in [2.05, 4.69) is 29.1 Å². The van der Waals surface area contributed by atoms with Crippen LogP contribution in [-0.4, -0.2) is 41.4 Å². The van der Waals surface area contributed by atoms with Crippen LogP contribution in [0, 0.1) is 0 Å². The molecule has 1 aliphatic carbocycles. The van der Waals surface area contributed by atoms with Crippen LogP contribution >= 0.6 is 12.8 Å². The maximum absolute atomic E-state index is 4.36. The molecule has 2 fully saturated rings. The van der Waals surface area contributed by atoms with Gasteiger partial charge in [-0.1, -0.05) is 12.8 Å². The average Bonchev–Trinajstić information content (AvgIpc) is 2.62. The number of nitrogens with zero attached hydrogens (tertiary/aromatic N) is 2. The van der Waals surface area contributed by atoms with E-state index in [1.807, 2.05) is 0 Å². The zero-order valence-electron chi connectivity index (χ0n) is 6.38. The first-order valence-corrected chi connectivity index (χ1v) is 4.28. The molecule has 2 rings (SSSR count). The van der Waals surface area contributed by atoms with Gasteiger partial charge in [0.2, 0.25) is 0 Å². The van der Waals surface area contributed by atoms with Crippen molar-refractivity contribution in [2.24, 2.45) is 0 Å². The van der Waals surface area contributed by atoms with E-state index in [1.54, 1.807) is 0 Å². The van der Waals surface area contributed by atoms with Crippen LogP contribution in [0.2, 0.25) is 0 Å². The lowest BCUT2D eigenvalue weighted by Crippen LogP contribution is -2.50. The molecule has 1 saturated carbocycles. The van der Waals surface area contributed by atoms with Gasteiger partial charge in [-0.2, -0.15) is 0 Å². The van der Waals surface area contributed by atoms with E-state index in [0.717, 1.165) is 13.1 Å². The topological polar surface area (TPSA) is 6.48 Å². The van der Waals surface area contributed by atoms with E-state index >= 15 is 0 Å². The monoisotopic (exact) mass is 158 g/mol. The predicted molar refractivity (Wildman–Crippen MR) is 45.2 cm³/mol. The van der Waals surface area contributed by atoms with Crippen molar-refractivity contribution in [2.75, 3.05) is 26.7 Å². The first-order chi connectivity index (χ1) is 4.73. The van der Waals surface area contributed by atoms with Crippen LogP contribution < -0.4 is 0 Å². The van der Waals surface area contributed by atoms with Gasteiger partial charge in [-0.15, -0.1) is 0 Å². The van der Waals surface area contributed by atoms with Crippen molar-refractivity contribution in [1.82, 2.24) is 9.21 Å². The number of piperazine rings is 1. The van der Waals surface area contributed by atoms with Gasteiger partial charge < -0.3 is 0 Å². The standard InChI is InChI=1S/C7H14N2S/c1-8-4-5-9(10)6-7(8)2-3-7/h10H,2-6H2,1H3. The summed E-state index contributed by atoms with van der Waals surface area (Å²) >= 11 is 4.36. The van der Waals surface area contributed by atoms with E-state index in [-0.39, 0.29) is 0 Å². The van der Waals surface area contributed by atoms with Crippen molar-refractivity contribution in [3.63, 3.8) is 0 Å². The van der Waals surface area contributed by atoms with Gasteiger partial charge in [0.1, 0.15) is 0 Å². The Morgan fingerprint density at radius 2 is 2.00 bits per heavy atom. The van der Waals surface area contributed by atoms with E-state index in [9.17, 15) is 0 Å². The third-order valence-corrected chi connectivity index (χ3v) is 3.15. The molecule has 0 radical (unpaired) electrons. The molecule has 0 N–H and O–H groups in total. The van der Waals surface area contributed by atoms with E-state index in [4.69, 9.17) is 0 Å². The van der Waals surface area contributed by atoms with Gasteiger partial charge in [0, 0.05) is 25.2 Å². The average molecular weight is 158 g/mol. The van der Waals surface area contributed by atoms with Gasteiger partial charge in [0.25, 0.3) is 0 Å². The van der Waals surface area contributed by atoms with Gasteiger partial charge in [0.15, 0.2) is 0 Å². The third kappa shape index (κ3) is 0.966. The zero-order chi connectivity index (χ0) is 7.19. The largest absolute Gasteiger partial charge is 0.298 e. The lowest BCUT2D eigenvalue weighted by molar-refractivity contribution is 0.137. The highest BCUT2D eigenvalue weighted by Gasteiger charge is 2.48. The lowest BCUT2D eigenvalue weighted by atomic mass is 10.2. The number of hydrogen-bond donors (Lipinski definition) is 1. The number of hydrogen-bond acceptors (Lipinski definition) is 3. The van der Waals surface area contributed by atoms with Crippen molar-refractivity contribution < 1.29 is 0 Å². The van der Waals surface area contributed by atoms with Crippen LogP contribution in [-0.2, 0) is 0 Å². The Morgan fingerprint density at radius 3 is 2.50 bits per heavy atom. The molecule has 10 heavy (non-hydrogen) atoms. The first-order valence-electron chi connectivity index (χ1n) is 3.88. The Hall–Kier alpha value is 0.270. The van der Waals surface area contributed by atoms with Crippen LogP contribution in [0.15, 0.2) is 0 Å². The molecule has 2 aliphatic rings. The Morgan fingerprint density at radius 1 is 1.30 bits per heavy atom. The molecular weight excluding hydrogens is 144 g/mol. The highest BCUT2D eigenvalue weighted by molar-refractivity contribution is 7.77. The Kier molecular flexibility index (Phi) is 1.48. The Balaban J connectivity index is 2.03. The van der Waals surface area contributed by atoms with E-state index in [0.29, 0.717) is 5.54 Å². The van der Waals surface area contributed by atoms with Crippen LogP contribution in [0.5, 0.6) is 0 Å². The summed E-state index contributed by atoms with van der Waals surface area (Å²) in [5.41, 5.74) is 0.542. The molecule has 1 heterocycles. The maximum Gasteiger partial charge on any atom is 0.0344 e. The van der Waals surface area contributed by atoms with Crippen molar-refractivity contribution in [3.05, 3.63) is 0 Å². The van der Waals surface area contributed by atoms with Gasteiger partial charge >= 0.3 is 0 Å². The molecule has 1 aliphatic heterocycles. The summed E-state index contributed by atoms with van der Waals surface area (Å²) < 4.78 is 2.15. The predicted octanol–water partition coefficient (Wildman–Crippen LogP) is 0.611. The quantitative estimate of drug-likeness (QED) is 0.516. The molecule has 1 saturated heterocycles. The molecule has 0 atom stereocenters. The molecule has 0 aromatic heterocycles. The van der Waals surface area contributed by atoms with Crippen molar-refractivity contribution >= 4 is 12.8 Å². The Bertz CT molecular complexity index is 145. The molecule has 0 aromatic carbocycles. The summed E-state index contributed by atoms with van der Waals surface area (Å²) in [5, 5.41) is 0.